The SMILES string of the molecule is CCC=CC=C(c1cccc(CCc2ccc(CO)c(CO)c2)c1)C(O)(C(F)(F)F)C(F)(F)F. The van der Waals surface area contributed by atoms with Gasteiger partial charge in [-0.3, -0.25) is 0 Å². The Hall–Kier alpha value is -2.62. The molecule has 0 saturated heterocycles. The fourth-order valence-corrected chi connectivity index (χ4v) is 3.51. The van der Waals surface area contributed by atoms with Gasteiger partial charge in [0.1, 0.15) is 0 Å². The van der Waals surface area contributed by atoms with Crippen molar-refractivity contribution in [2.45, 2.75) is 57.4 Å². The standard InChI is InChI=1S/C25H26F6O3/c1-2-3-4-8-22(23(34,24(26,27)28)25(29,30)31)19-7-5-6-17(13-19)9-10-18-11-12-20(15-32)21(14-18)16-33/h3-8,11-14,32-34H,2,9-10,15-16H2,1H3. The predicted octanol–water partition coefficient (Wildman–Crippen LogP) is 5.66. The molecule has 3 N–H and O–H groups in total. The highest BCUT2D eigenvalue weighted by Crippen LogP contribution is 2.50. The van der Waals surface area contributed by atoms with Gasteiger partial charge in [-0.05, 0) is 47.1 Å². The van der Waals surface area contributed by atoms with E-state index in [1.165, 1.54) is 18.2 Å². The number of halogens is 6. The molecular formula is C25H26F6O3. The summed E-state index contributed by atoms with van der Waals surface area (Å²) in [5, 5.41) is 28.7. The summed E-state index contributed by atoms with van der Waals surface area (Å²) in [4.78, 5) is 0. The van der Waals surface area contributed by atoms with Crippen LogP contribution in [0.1, 0.15) is 41.2 Å². The van der Waals surface area contributed by atoms with Crippen LogP contribution in [-0.2, 0) is 26.1 Å². The topological polar surface area (TPSA) is 60.7 Å². The third kappa shape index (κ3) is 6.08. The van der Waals surface area contributed by atoms with Crippen LogP contribution in [0.15, 0.2) is 60.7 Å². The zero-order valence-electron chi connectivity index (χ0n) is 18.4. The van der Waals surface area contributed by atoms with Crippen LogP contribution in [0.2, 0.25) is 0 Å². The van der Waals surface area contributed by atoms with Crippen molar-refractivity contribution in [1.29, 1.82) is 0 Å². The fourth-order valence-electron chi connectivity index (χ4n) is 3.51. The number of hydrogen-bond acceptors (Lipinski definition) is 3. The van der Waals surface area contributed by atoms with E-state index in [-0.39, 0.29) is 19.6 Å². The first-order chi connectivity index (χ1) is 15.9. The maximum Gasteiger partial charge on any atom is 0.430 e. The average Bonchev–Trinajstić information content (AvgIpc) is 2.78. The molecule has 2 aromatic carbocycles. The molecule has 0 amide bonds. The largest absolute Gasteiger partial charge is 0.430 e. The van der Waals surface area contributed by atoms with Gasteiger partial charge in [0.15, 0.2) is 0 Å². The number of alkyl halides is 6. The van der Waals surface area contributed by atoms with Crippen molar-refractivity contribution in [1.82, 2.24) is 0 Å². The molecule has 9 heteroatoms. The number of aliphatic hydroxyl groups is 3. The van der Waals surface area contributed by atoms with E-state index in [1.54, 1.807) is 31.2 Å². The van der Waals surface area contributed by atoms with Crippen molar-refractivity contribution in [2.75, 3.05) is 0 Å². The predicted molar refractivity (Wildman–Crippen MR) is 117 cm³/mol. The Morgan fingerprint density at radius 3 is 1.94 bits per heavy atom. The first-order valence-corrected chi connectivity index (χ1v) is 10.5. The second kappa shape index (κ2) is 11.2. The molecule has 0 spiro atoms. The molecule has 0 radical (unpaired) electrons. The van der Waals surface area contributed by atoms with E-state index in [4.69, 9.17) is 0 Å². The van der Waals surface area contributed by atoms with Crippen molar-refractivity contribution in [2.24, 2.45) is 0 Å². The molecular weight excluding hydrogens is 462 g/mol. The Balaban J connectivity index is 2.46. The second-order valence-corrected chi connectivity index (χ2v) is 7.74. The third-order valence-electron chi connectivity index (χ3n) is 5.40. The Morgan fingerprint density at radius 1 is 0.824 bits per heavy atom. The molecule has 0 bridgehead atoms. The molecule has 34 heavy (non-hydrogen) atoms. The minimum Gasteiger partial charge on any atom is -0.392 e. The van der Waals surface area contributed by atoms with Crippen LogP contribution < -0.4 is 0 Å². The first kappa shape index (κ1) is 27.6. The molecule has 2 rings (SSSR count). The molecule has 0 atom stereocenters. The van der Waals surface area contributed by atoms with E-state index in [1.807, 2.05) is 0 Å². The van der Waals surface area contributed by atoms with Gasteiger partial charge >= 0.3 is 12.4 Å². The molecule has 0 fully saturated rings. The van der Waals surface area contributed by atoms with E-state index >= 15 is 0 Å². The Morgan fingerprint density at radius 2 is 1.41 bits per heavy atom. The van der Waals surface area contributed by atoms with Crippen molar-refractivity contribution in [3.63, 3.8) is 0 Å². The lowest BCUT2D eigenvalue weighted by atomic mass is 9.85. The molecule has 0 aromatic heterocycles. The molecule has 0 unspecified atom stereocenters. The summed E-state index contributed by atoms with van der Waals surface area (Å²) in [6.45, 7) is 1.13. The summed E-state index contributed by atoms with van der Waals surface area (Å²) >= 11 is 0. The van der Waals surface area contributed by atoms with Crippen LogP contribution >= 0.6 is 0 Å². The zero-order valence-corrected chi connectivity index (χ0v) is 18.4. The third-order valence-corrected chi connectivity index (χ3v) is 5.40. The molecule has 186 valence electrons. The summed E-state index contributed by atoms with van der Waals surface area (Å²) in [7, 11) is 0. The first-order valence-electron chi connectivity index (χ1n) is 10.5. The van der Waals surface area contributed by atoms with E-state index in [9.17, 15) is 41.7 Å². The fraction of sp³-hybridized carbons (Fsp3) is 0.360. The zero-order chi connectivity index (χ0) is 25.6. The molecule has 0 aliphatic heterocycles. The minimum atomic E-state index is -6.00. The molecule has 2 aromatic rings. The molecule has 0 aliphatic rings. The summed E-state index contributed by atoms with van der Waals surface area (Å²) in [6.07, 6.45) is -7.86. The number of hydrogen-bond donors (Lipinski definition) is 3. The Labute approximate surface area is 193 Å². The number of aryl methyl sites for hydroxylation is 2. The Bertz CT molecular complexity index is 1010. The van der Waals surface area contributed by atoms with Crippen LogP contribution in [0.25, 0.3) is 5.57 Å². The number of aliphatic hydroxyl groups excluding tert-OH is 2. The quantitative estimate of drug-likeness (QED) is 0.315. The van der Waals surface area contributed by atoms with Crippen LogP contribution in [0.4, 0.5) is 26.3 Å². The van der Waals surface area contributed by atoms with E-state index in [2.05, 4.69) is 0 Å². The van der Waals surface area contributed by atoms with Gasteiger partial charge in [0.25, 0.3) is 5.60 Å². The lowest BCUT2D eigenvalue weighted by molar-refractivity contribution is -0.342. The van der Waals surface area contributed by atoms with E-state index in [0.717, 1.165) is 17.7 Å². The van der Waals surface area contributed by atoms with Gasteiger partial charge in [-0.15, -0.1) is 0 Å². The smallest absolute Gasteiger partial charge is 0.392 e. The van der Waals surface area contributed by atoms with Gasteiger partial charge < -0.3 is 15.3 Å². The highest BCUT2D eigenvalue weighted by Gasteiger charge is 2.72. The highest BCUT2D eigenvalue weighted by atomic mass is 19.4. The van der Waals surface area contributed by atoms with Gasteiger partial charge in [-0.25, -0.2) is 0 Å². The average molecular weight is 488 g/mol. The van der Waals surface area contributed by atoms with Crippen molar-refractivity contribution in [3.8, 4) is 0 Å². The molecule has 0 aliphatic carbocycles. The molecule has 3 nitrogen and oxygen atoms in total. The van der Waals surface area contributed by atoms with Crippen LogP contribution in [0.5, 0.6) is 0 Å². The normalized spacial score (nSPS) is 13.6. The second-order valence-electron chi connectivity index (χ2n) is 7.74. The Kier molecular flexibility index (Phi) is 9.10. The van der Waals surface area contributed by atoms with Crippen LogP contribution in [0.3, 0.4) is 0 Å². The molecule has 0 saturated carbocycles. The summed E-state index contributed by atoms with van der Waals surface area (Å²) < 4.78 is 81.5. The summed E-state index contributed by atoms with van der Waals surface area (Å²) in [5.41, 5.74) is -4.44. The van der Waals surface area contributed by atoms with Gasteiger partial charge in [0, 0.05) is 5.57 Å². The van der Waals surface area contributed by atoms with E-state index in [0.29, 0.717) is 35.6 Å². The summed E-state index contributed by atoms with van der Waals surface area (Å²) in [6, 6.07) is 10.2. The van der Waals surface area contributed by atoms with Crippen molar-refractivity contribution >= 4 is 5.57 Å². The van der Waals surface area contributed by atoms with Gasteiger partial charge in [-0.1, -0.05) is 67.6 Å². The van der Waals surface area contributed by atoms with Gasteiger partial charge in [0.05, 0.1) is 13.2 Å². The van der Waals surface area contributed by atoms with Gasteiger partial charge in [0.2, 0.25) is 0 Å². The van der Waals surface area contributed by atoms with Gasteiger partial charge in [-0.2, -0.15) is 26.3 Å². The minimum absolute atomic E-state index is 0.249. The monoisotopic (exact) mass is 488 g/mol. The number of rotatable bonds is 9. The lowest BCUT2D eigenvalue weighted by Gasteiger charge is -2.34. The number of benzene rings is 2. The van der Waals surface area contributed by atoms with Crippen LogP contribution in [-0.4, -0.2) is 33.3 Å². The lowest BCUT2D eigenvalue weighted by Crippen LogP contribution is -2.57. The number of allylic oxidation sites excluding steroid dienone is 3. The highest BCUT2D eigenvalue weighted by molar-refractivity contribution is 5.75. The van der Waals surface area contributed by atoms with Crippen molar-refractivity contribution in [3.05, 3.63) is 88.5 Å². The summed E-state index contributed by atoms with van der Waals surface area (Å²) in [5.74, 6) is 0. The molecule has 0 heterocycles. The van der Waals surface area contributed by atoms with Crippen LogP contribution in [0, 0.1) is 0 Å². The van der Waals surface area contributed by atoms with E-state index < -0.39 is 29.1 Å². The van der Waals surface area contributed by atoms with Crippen molar-refractivity contribution < 1.29 is 41.7 Å². The maximum atomic E-state index is 13.6. The maximum absolute atomic E-state index is 13.6.